The number of rotatable bonds is 9. The molecular weight excluding hydrogens is 392 g/mol. The molecule has 0 unspecified atom stereocenters. The molecule has 0 atom stereocenters. The van der Waals surface area contributed by atoms with Gasteiger partial charge in [0.15, 0.2) is 11.6 Å². The van der Waals surface area contributed by atoms with Crippen LogP contribution in [-0.4, -0.2) is 43.8 Å². The van der Waals surface area contributed by atoms with Crippen LogP contribution in [0.15, 0.2) is 53.4 Å². The molecule has 0 heterocycles. The highest BCUT2D eigenvalue weighted by atomic mass is 32.2. The molecule has 1 N–H and O–H groups in total. The van der Waals surface area contributed by atoms with Gasteiger partial charge in [-0.25, -0.2) is 12.7 Å². The molecule has 0 aliphatic carbocycles. The molecule has 2 rings (SSSR count). The second kappa shape index (κ2) is 9.58. The summed E-state index contributed by atoms with van der Waals surface area (Å²) in [5.41, 5.74) is 1.47. The van der Waals surface area contributed by atoms with E-state index in [0.717, 1.165) is 0 Å². The average molecular weight is 416 g/mol. The number of benzene rings is 2. The number of nitrogens with one attached hydrogen (secondary N) is 1. The Morgan fingerprint density at radius 2 is 1.55 bits per heavy atom. The number of carbonyl (C=O) groups excluding carboxylic acids is 3. The van der Waals surface area contributed by atoms with Crippen molar-refractivity contribution in [1.82, 2.24) is 4.31 Å². The second-order valence-corrected chi connectivity index (χ2v) is 8.74. The Balaban J connectivity index is 1.90. The number of carbonyl (C=O) groups is 3. The summed E-state index contributed by atoms with van der Waals surface area (Å²) in [6.07, 6.45) is 0.465. The van der Waals surface area contributed by atoms with Crippen LogP contribution >= 0.6 is 0 Å². The number of ketones is 2. The lowest BCUT2D eigenvalue weighted by molar-refractivity contribution is -0.116. The first-order valence-corrected chi connectivity index (χ1v) is 10.5. The maximum Gasteiger partial charge on any atom is 0.242 e. The SMILES string of the molecule is CC(=O)c1ccc(S(=O)(=O)N(C)CCCC(=O)Nc2cccc(C(C)=O)c2)cc1. The standard InChI is InChI=1S/C21H24N2O5S/c1-15(24)17-9-11-20(12-10-17)29(27,28)23(3)13-5-8-21(26)22-19-7-4-6-18(14-19)16(2)25/h4,6-7,9-12,14H,5,8,13H2,1-3H3,(H,22,26). The van der Waals surface area contributed by atoms with E-state index in [1.165, 1.54) is 49.5 Å². The van der Waals surface area contributed by atoms with E-state index in [1.54, 1.807) is 24.3 Å². The molecule has 8 heteroatoms. The van der Waals surface area contributed by atoms with Crippen LogP contribution in [0, 0.1) is 0 Å². The quantitative estimate of drug-likeness (QED) is 0.633. The Hall–Kier alpha value is -2.84. The number of sulfonamides is 1. The molecule has 0 saturated heterocycles. The van der Waals surface area contributed by atoms with Crippen LogP contribution in [0.4, 0.5) is 5.69 Å². The summed E-state index contributed by atoms with van der Waals surface area (Å²) in [6.45, 7) is 3.03. The van der Waals surface area contributed by atoms with Crippen molar-refractivity contribution in [2.24, 2.45) is 0 Å². The molecule has 2 aromatic carbocycles. The van der Waals surface area contributed by atoms with Crippen molar-refractivity contribution in [3.8, 4) is 0 Å². The molecule has 0 aromatic heterocycles. The van der Waals surface area contributed by atoms with E-state index in [9.17, 15) is 22.8 Å². The third-order valence-corrected chi connectivity index (χ3v) is 6.27. The van der Waals surface area contributed by atoms with Gasteiger partial charge in [0.1, 0.15) is 0 Å². The molecule has 0 spiro atoms. The minimum absolute atomic E-state index is 0.0931. The monoisotopic (exact) mass is 416 g/mol. The van der Waals surface area contributed by atoms with Crippen molar-refractivity contribution in [3.05, 3.63) is 59.7 Å². The van der Waals surface area contributed by atoms with Crippen molar-refractivity contribution in [2.75, 3.05) is 18.9 Å². The molecule has 1 amide bonds. The van der Waals surface area contributed by atoms with Gasteiger partial charge in [0.2, 0.25) is 15.9 Å². The normalized spacial score (nSPS) is 11.3. The number of amides is 1. The van der Waals surface area contributed by atoms with Gasteiger partial charge in [0.25, 0.3) is 0 Å². The zero-order valence-electron chi connectivity index (χ0n) is 16.6. The van der Waals surface area contributed by atoms with E-state index in [2.05, 4.69) is 5.32 Å². The Kier molecular flexibility index (Phi) is 7.41. The maximum atomic E-state index is 12.6. The molecule has 2 aromatic rings. The van der Waals surface area contributed by atoms with E-state index in [0.29, 0.717) is 23.2 Å². The van der Waals surface area contributed by atoms with Gasteiger partial charge in [0, 0.05) is 36.8 Å². The number of anilines is 1. The number of hydrogen-bond acceptors (Lipinski definition) is 5. The molecule has 0 aliphatic heterocycles. The minimum Gasteiger partial charge on any atom is -0.326 e. The molecule has 0 aliphatic rings. The molecule has 7 nitrogen and oxygen atoms in total. The summed E-state index contributed by atoms with van der Waals surface area (Å²) in [5.74, 6) is -0.492. The van der Waals surface area contributed by atoms with Crippen LogP contribution < -0.4 is 5.32 Å². The minimum atomic E-state index is -3.70. The molecular formula is C21H24N2O5S. The summed E-state index contributed by atoms with van der Waals surface area (Å²) in [7, 11) is -2.25. The largest absolute Gasteiger partial charge is 0.326 e. The summed E-state index contributed by atoms with van der Waals surface area (Å²) < 4.78 is 26.4. The van der Waals surface area contributed by atoms with Gasteiger partial charge >= 0.3 is 0 Å². The van der Waals surface area contributed by atoms with Gasteiger partial charge in [0.05, 0.1) is 4.90 Å². The summed E-state index contributed by atoms with van der Waals surface area (Å²) in [5, 5.41) is 2.71. The van der Waals surface area contributed by atoms with Gasteiger partial charge in [-0.2, -0.15) is 0 Å². The molecule has 0 fully saturated rings. The molecule has 29 heavy (non-hydrogen) atoms. The summed E-state index contributed by atoms with van der Waals surface area (Å²) in [6, 6.07) is 12.4. The van der Waals surface area contributed by atoms with Gasteiger partial charge in [-0.1, -0.05) is 24.3 Å². The lowest BCUT2D eigenvalue weighted by atomic mass is 10.1. The highest BCUT2D eigenvalue weighted by Gasteiger charge is 2.20. The van der Waals surface area contributed by atoms with E-state index in [-0.39, 0.29) is 35.3 Å². The van der Waals surface area contributed by atoms with Crippen molar-refractivity contribution in [3.63, 3.8) is 0 Å². The zero-order chi connectivity index (χ0) is 21.6. The predicted molar refractivity (Wildman–Crippen MR) is 111 cm³/mol. The van der Waals surface area contributed by atoms with E-state index in [1.807, 2.05) is 0 Å². The van der Waals surface area contributed by atoms with Crippen LogP contribution in [0.25, 0.3) is 0 Å². The van der Waals surface area contributed by atoms with E-state index in [4.69, 9.17) is 0 Å². The Labute approximate surface area is 170 Å². The highest BCUT2D eigenvalue weighted by molar-refractivity contribution is 7.89. The third kappa shape index (κ3) is 6.07. The number of hydrogen-bond donors (Lipinski definition) is 1. The fourth-order valence-electron chi connectivity index (χ4n) is 2.66. The molecule has 154 valence electrons. The predicted octanol–water partition coefficient (Wildman–Crippen LogP) is 3.13. The van der Waals surface area contributed by atoms with Crippen LogP contribution in [0.2, 0.25) is 0 Å². The van der Waals surface area contributed by atoms with Gasteiger partial charge in [-0.3, -0.25) is 14.4 Å². The Morgan fingerprint density at radius 3 is 2.14 bits per heavy atom. The average Bonchev–Trinajstić information content (AvgIpc) is 2.68. The Bertz CT molecular complexity index is 1010. The van der Waals surface area contributed by atoms with Gasteiger partial charge in [-0.05, 0) is 44.5 Å². The van der Waals surface area contributed by atoms with E-state index < -0.39 is 10.0 Å². The smallest absolute Gasteiger partial charge is 0.242 e. The fourth-order valence-corrected chi connectivity index (χ4v) is 3.87. The molecule has 0 radical (unpaired) electrons. The van der Waals surface area contributed by atoms with Crippen molar-refractivity contribution in [1.29, 1.82) is 0 Å². The lowest BCUT2D eigenvalue weighted by Crippen LogP contribution is -2.28. The molecule has 0 saturated carbocycles. The van der Waals surface area contributed by atoms with Crippen molar-refractivity contribution < 1.29 is 22.8 Å². The Morgan fingerprint density at radius 1 is 0.931 bits per heavy atom. The maximum absolute atomic E-state index is 12.6. The van der Waals surface area contributed by atoms with Crippen LogP contribution in [0.5, 0.6) is 0 Å². The first-order chi connectivity index (χ1) is 13.6. The highest BCUT2D eigenvalue weighted by Crippen LogP contribution is 2.16. The van der Waals surface area contributed by atoms with Crippen molar-refractivity contribution in [2.45, 2.75) is 31.6 Å². The van der Waals surface area contributed by atoms with Gasteiger partial charge in [-0.15, -0.1) is 0 Å². The second-order valence-electron chi connectivity index (χ2n) is 6.70. The summed E-state index contributed by atoms with van der Waals surface area (Å²) in [4.78, 5) is 34.9. The lowest BCUT2D eigenvalue weighted by Gasteiger charge is -2.17. The first kappa shape index (κ1) is 22.4. The van der Waals surface area contributed by atoms with Crippen LogP contribution in [0.1, 0.15) is 47.4 Å². The first-order valence-electron chi connectivity index (χ1n) is 9.09. The van der Waals surface area contributed by atoms with Crippen molar-refractivity contribution >= 4 is 33.2 Å². The van der Waals surface area contributed by atoms with Crippen LogP contribution in [0.3, 0.4) is 0 Å². The fraction of sp³-hybridized carbons (Fsp3) is 0.286. The number of nitrogens with zero attached hydrogens (tertiary/aromatic N) is 1. The molecule has 0 bridgehead atoms. The zero-order valence-corrected chi connectivity index (χ0v) is 17.5. The third-order valence-electron chi connectivity index (χ3n) is 4.40. The van der Waals surface area contributed by atoms with E-state index >= 15 is 0 Å². The van der Waals surface area contributed by atoms with Crippen LogP contribution in [-0.2, 0) is 14.8 Å². The topological polar surface area (TPSA) is 101 Å². The van der Waals surface area contributed by atoms with Gasteiger partial charge < -0.3 is 5.32 Å². The number of Topliss-reactive ketones (excluding diaryl/α,β-unsaturated/α-hetero) is 2. The summed E-state index contributed by atoms with van der Waals surface area (Å²) >= 11 is 0.